The summed E-state index contributed by atoms with van der Waals surface area (Å²) in [7, 11) is 0. The van der Waals surface area contributed by atoms with Crippen molar-refractivity contribution >= 4 is 0 Å². The molecule has 0 aromatic carbocycles. The van der Waals surface area contributed by atoms with Crippen LogP contribution in [0.15, 0.2) is 0 Å². The maximum Gasteiger partial charge on any atom is 0.00926 e. The van der Waals surface area contributed by atoms with Gasteiger partial charge in [-0.1, -0.05) is 13.8 Å². The number of hydrogen-bond donors (Lipinski definition) is 1. The van der Waals surface area contributed by atoms with Crippen LogP contribution < -0.4 is 5.32 Å². The molecule has 2 aliphatic rings. The van der Waals surface area contributed by atoms with Gasteiger partial charge >= 0.3 is 0 Å². The number of hydrogen-bond acceptors (Lipinski definition) is 2. The van der Waals surface area contributed by atoms with Gasteiger partial charge in [-0.05, 0) is 63.6 Å². The fourth-order valence-electron chi connectivity index (χ4n) is 2.73. The smallest absolute Gasteiger partial charge is 0.00926 e. The maximum atomic E-state index is 3.73. The van der Waals surface area contributed by atoms with E-state index in [1.807, 2.05) is 0 Å². The minimum absolute atomic E-state index is 0.618. The summed E-state index contributed by atoms with van der Waals surface area (Å²) in [5, 5.41) is 3.73. The molecule has 2 rings (SSSR count). The number of nitrogens with one attached hydrogen (secondary N) is 1. The van der Waals surface area contributed by atoms with Gasteiger partial charge in [0.05, 0.1) is 0 Å². The van der Waals surface area contributed by atoms with Crippen molar-refractivity contribution in [2.24, 2.45) is 11.3 Å². The summed E-state index contributed by atoms with van der Waals surface area (Å²) in [5.41, 5.74) is 0.618. The van der Waals surface area contributed by atoms with Crippen LogP contribution in [0.1, 0.15) is 46.5 Å². The molecular weight excluding hydrogens is 196 g/mol. The topological polar surface area (TPSA) is 15.3 Å². The molecule has 2 unspecified atom stereocenters. The zero-order chi connectivity index (χ0) is 11.6. The van der Waals surface area contributed by atoms with Crippen molar-refractivity contribution in [2.75, 3.05) is 26.2 Å². The molecule has 94 valence electrons. The lowest BCUT2D eigenvalue weighted by atomic mass is 10.00. The monoisotopic (exact) mass is 224 g/mol. The first-order chi connectivity index (χ1) is 7.60. The van der Waals surface area contributed by atoms with Crippen molar-refractivity contribution in [2.45, 2.75) is 52.5 Å². The summed E-state index contributed by atoms with van der Waals surface area (Å²) in [5.74, 6) is 0.794. The minimum atomic E-state index is 0.618. The molecule has 0 amide bonds. The predicted molar refractivity (Wildman–Crippen MR) is 69.6 cm³/mol. The first-order valence-corrected chi connectivity index (χ1v) is 7.06. The first-order valence-electron chi connectivity index (χ1n) is 7.06. The van der Waals surface area contributed by atoms with Crippen LogP contribution in [0.25, 0.3) is 0 Å². The Hall–Kier alpha value is -0.0800. The lowest BCUT2D eigenvalue weighted by molar-refractivity contribution is 0.268. The summed E-state index contributed by atoms with van der Waals surface area (Å²) in [6.45, 7) is 12.3. The highest BCUT2D eigenvalue weighted by Gasteiger charge is 2.42. The fourth-order valence-corrected chi connectivity index (χ4v) is 2.73. The quantitative estimate of drug-likeness (QED) is 0.746. The van der Waals surface area contributed by atoms with Crippen LogP contribution in [0.2, 0.25) is 0 Å². The van der Waals surface area contributed by atoms with Crippen molar-refractivity contribution in [3.8, 4) is 0 Å². The summed E-state index contributed by atoms with van der Waals surface area (Å²) >= 11 is 0. The molecule has 1 saturated carbocycles. The van der Waals surface area contributed by atoms with Gasteiger partial charge in [-0.3, -0.25) is 0 Å². The molecule has 0 aromatic rings. The van der Waals surface area contributed by atoms with Crippen LogP contribution in [0.4, 0.5) is 0 Å². The molecule has 0 bridgehead atoms. The SMILES string of the molecule is CC(CNC(C)C1(C)CC1)CN1CCCC1. The minimum Gasteiger partial charge on any atom is -0.313 e. The third kappa shape index (κ3) is 3.21. The molecule has 2 nitrogen and oxygen atoms in total. The zero-order valence-corrected chi connectivity index (χ0v) is 11.3. The van der Waals surface area contributed by atoms with Crippen LogP contribution in [-0.2, 0) is 0 Å². The number of nitrogens with zero attached hydrogens (tertiary/aromatic N) is 1. The molecule has 0 radical (unpaired) electrons. The molecule has 1 aliphatic heterocycles. The molecule has 2 atom stereocenters. The van der Waals surface area contributed by atoms with E-state index >= 15 is 0 Å². The summed E-state index contributed by atoms with van der Waals surface area (Å²) < 4.78 is 0. The van der Waals surface area contributed by atoms with Crippen molar-refractivity contribution < 1.29 is 0 Å². The number of rotatable bonds is 6. The molecule has 1 N–H and O–H groups in total. The average molecular weight is 224 g/mol. The van der Waals surface area contributed by atoms with Gasteiger partial charge in [-0.15, -0.1) is 0 Å². The van der Waals surface area contributed by atoms with E-state index in [4.69, 9.17) is 0 Å². The van der Waals surface area contributed by atoms with E-state index in [1.165, 1.54) is 51.9 Å². The third-order valence-corrected chi connectivity index (χ3v) is 4.63. The molecule has 1 aliphatic carbocycles. The Kier molecular flexibility index (Phi) is 3.91. The summed E-state index contributed by atoms with van der Waals surface area (Å²) in [4.78, 5) is 2.62. The first kappa shape index (κ1) is 12.4. The van der Waals surface area contributed by atoms with E-state index < -0.39 is 0 Å². The van der Waals surface area contributed by atoms with Gasteiger partial charge in [0, 0.05) is 12.6 Å². The van der Waals surface area contributed by atoms with Gasteiger partial charge < -0.3 is 10.2 Å². The van der Waals surface area contributed by atoms with E-state index in [9.17, 15) is 0 Å². The van der Waals surface area contributed by atoms with Gasteiger partial charge in [0.25, 0.3) is 0 Å². The Balaban J connectivity index is 1.61. The Morgan fingerprint density at radius 3 is 2.38 bits per heavy atom. The van der Waals surface area contributed by atoms with E-state index in [0.717, 1.165) is 5.92 Å². The highest BCUT2D eigenvalue weighted by molar-refractivity contribution is 4.96. The Bertz CT molecular complexity index is 217. The van der Waals surface area contributed by atoms with Gasteiger partial charge in [0.1, 0.15) is 0 Å². The van der Waals surface area contributed by atoms with Gasteiger partial charge in [-0.25, -0.2) is 0 Å². The van der Waals surface area contributed by atoms with Gasteiger partial charge in [-0.2, -0.15) is 0 Å². The molecule has 2 fully saturated rings. The summed E-state index contributed by atoms with van der Waals surface area (Å²) in [6, 6.07) is 0.702. The second kappa shape index (κ2) is 5.05. The molecule has 16 heavy (non-hydrogen) atoms. The molecule has 2 heteroatoms. The molecule has 1 heterocycles. The van der Waals surface area contributed by atoms with Crippen molar-refractivity contribution in [1.29, 1.82) is 0 Å². The molecule has 0 spiro atoms. The van der Waals surface area contributed by atoms with Crippen molar-refractivity contribution in [3.05, 3.63) is 0 Å². The predicted octanol–water partition coefficient (Wildman–Crippen LogP) is 2.50. The molecule has 0 aromatic heterocycles. The normalized spacial score (nSPS) is 27.9. The lowest BCUT2D eigenvalue weighted by Crippen LogP contribution is -2.39. The Morgan fingerprint density at radius 1 is 1.19 bits per heavy atom. The third-order valence-electron chi connectivity index (χ3n) is 4.63. The van der Waals surface area contributed by atoms with E-state index in [1.54, 1.807) is 0 Å². The van der Waals surface area contributed by atoms with Crippen LogP contribution in [0, 0.1) is 11.3 Å². The van der Waals surface area contributed by atoms with Crippen LogP contribution >= 0.6 is 0 Å². The summed E-state index contributed by atoms with van der Waals surface area (Å²) in [6.07, 6.45) is 5.66. The van der Waals surface area contributed by atoms with Crippen LogP contribution in [-0.4, -0.2) is 37.1 Å². The lowest BCUT2D eigenvalue weighted by Gasteiger charge is -2.25. The van der Waals surface area contributed by atoms with Crippen molar-refractivity contribution in [3.63, 3.8) is 0 Å². The molecular formula is C14H28N2. The second-order valence-corrected chi connectivity index (χ2v) is 6.40. The average Bonchev–Trinajstić information content (AvgIpc) is 2.79. The van der Waals surface area contributed by atoms with Crippen LogP contribution in [0.5, 0.6) is 0 Å². The largest absolute Gasteiger partial charge is 0.313 e. The van der Waals surface area contributed by atoms with Gasteiger partial charge in [0.15, 0.2) is 0 Å². The molecule has 1 saturated heterocycles. The Morgan fingerprint density at radius 2 is 1.81 bits per heavy atom. The van der Waals surface area contributed by atoms with E-state index in [-0.39, 0.29) is 0 Å². The highest BCUT2D eigenvalue weighted by atomic mass is 15.1. The van der Waals surface area contributed by atoms with Gasteiger partial charge in [0.2, 0.25) is 0 Å². The zero-order valence-electron chi connectivity index (χ0n) is 11.3. The van der Waals surface area contributed by atoms with Crippen LogP contribution in [0.3, 0.4) is 0 Å². The standard InChI is InChI=1S/C14H28N2/c1-12(11-16-8-4-5-9-16)10-15-13(2)14(3)6-7-14/h12-13,15H,4-11H2,1-3H3. The fraction of sp³-hybridized carbons (Fsp3) is 1.00. The second-order valence-electron chi connectivity index (χ2n) is 6.40. The number of likely N-dealkylation sites (tertiary alicyclic amines) is 1. The highest BCUT2D eigenvalue weighted by Crippen LogP contribution is 2.47. The van der Waals surface area contributed by atoms with Crippen molar-refractivity contribution in [1.82, 2.24) is 10.2 Å². The van der Waals surface area contributed by atoms with E-state index in [0.29, 0.717) is 11.5 Å². The maximum absolute atomic E-state index is 3.73. The van der Waals surface area contributed by atoms with E-state index in [2.05, 4.69) is 31.0 Å². The Labute approximate surface area is 101 Å².